The van der Waals surface area contributed by atoms with E-state index < -0.39 is 0 Å². The summed E-state index contributed by atoms with van der Waals surface area (Å²) >= 11 is 0. The van der Waals surface area contributed by atoms with E-state index in [2.05, 4.69) is 23.3 Å². The number of para-hydroxylation sites is 1. The third-order valence-electron chi connectivity index (χ3n) is 6.62. The van der Waals surface area contributed by atoms with Crippen LogP contribution in [0.25, 0.3) is 0 Å². The monoisotopic (exact) mass is 419 g/mol. The molecule has 1 aliphatic heterocycles. The van der Waals surface area contributed by atoms with E-state index >= 15 is 0 Å². The van der Waals surface area contributed by atoms with Crippen molar-refractivity contribution in [3.63, 3.8) is 0 Å². The smallest absolute Gasteiger partial charge is 0.255 e. The van der Waals surface area contributed by atoms with Gasteiger partial charge in [0.05, 0.1) is 0 Å². The second kappa shape index (κ2) is 10.1. The van der Waals surface area contributed by atoms with E-state index in [1.807, 2.05) is 47.4 Å². The first-order valence-corrected chi connectivity index (χ1v) is 11.6. The van der Waals surface area contributed by atoms with Gasteiger partial charge in [0.25, 0.3) is 5.91 Å². The Kier molecular flexibility index (Phi) is 7.03. The molecule has 4 rings (SSSR count). The largest absolute Gasteiger partial charge is 0.338 e. The Labute approximate surface area is 185 Å². The second-order valence-electron chi connectivity index (χ2n) is 8.94. The molecule has 164 valence electrons. The first-order chi connectivity index (χ1) is 15.1. The van der Waals surface area contributed by atoms with Crippen LogP contribution in [-0.4, -0.2) is 41.2 Å². The molecule has 0 radical (unpaired) electrons. The molecule has 1 aliphatic carbocycles. The van der Waals surface area contributed by atoms with E-state index in [-0.39, 0.29) is 11.8 Å². The highest BCUT2D eigenvalue weighted by atomic mass is 16.2. The normalized spacial score (nSPS) is 17.4. The van der Waals surface area contributed by atoms with Gasteiger partial charge in [0.15, 0.2) is 0 Å². The van der Waals surface area contributed by atoms with Gasteiger partial charge in [0.2, 0.25) is 5.91 Å². The summed E-state index contributed by atoms with van der Waals surface area (Å²) in [5.41, 5.74) is 3.63. The number of likely N-dealkylation sites (tertiary alicyclic amines) is 1. The van der Waals surface area contributed by atoms with Crippen molar-refractivity contribution in [2.45, 2.75) is 64.1 Å². The van der Waals surface area contributed by atoms with E-state index in [0.29, 0.717) is 24.6 Å². The zero-order chi connectivity index (χ0) is 21.6. The maximum Gasteiger partial charge on any atom is 0.255 e. The van der Waals surface area contributed by atoms with Crippen molar-refractivity contribution < 1.29 is 9.59 Å². The number of amides is 2. The lowest BCUT2D eigenvalue weighted by Crippen LogP contribution is -2.33. The standard InChI is InChI=1S/C26H33N3O2/c1-28(23-12-3-2-4-13-23)19-22-10-5-6-14-24(22)27-26(31)21-11-7-9-20(17-21)18-29-16-8-15-25(29)30/h5-7,9-11,14,17,23H,2-4,8,12-13,15-16,18-19H2,1H3,(H,27,31). The van der Waals surface area contributed by atoms with Gasteiger partial charge in [-0.25, -0.2) is 0 Å². The molecule has 0 bridgehead atoms. The number of carbonyl (C=O) groups is 2. The van der Waals surface area contributed by atoms with E-state index in [9.17, 15) is 9.59 Å². The van der Waals surface area contributed by atoms with E-state index in [4.69, 9.17) is 0 Å². The molecular formula is C26H33N3O2. The molecule has 1 saturated carbocycles. The zero-order valence-electron chi connectivity index (χ0n) is 18.5. The third kappa shape index (κ3) is 5.53. The van der Waals surface area contributed by atoms with Crippen molar-refractivity contribution in [3.05, 3.63) is 65.2 Å². The summed E-state index contributed by atoms with van der Waals surface area (Å²) in [5, 5.41) is 3.12. The van der Waals surface area contributed by atoms with Crippen LogP contribution in [0, 0.1) is 0 Å². The van der Waals surface area contributed by atoms with Gasteiger partial charge in [-0.05, 0) is 55.6 Å². The van der Waals surface area contributed by atoms with Crippen LogP contribution in [0.4, 0.5) is 5.69 Å². The molecule has 0 atom stereocenters. The highest BCUT2D eigenvalue weighted by molar-refractivity contribution is 6.04. The van der Waals surface area contributed by atoms with Crippen molar-refractivity contribution in [2.75, 3.05) is 18.9 Å². The molecule has 2 amide bonds. The molecule has 5 nitrogen and oxygen atoms in total. The SMILES string of the molecule is CN(Cc1ccccc1NC(=O)c1cccc(CN2CCCC2=O)c1)C1CCCCC1. The van der Waals surface area contributed by atoms with Crippen LogP contribution in [0.5, 0.6) is 0 Å². The molecule has 2 aliphatic rings. The first-order valence-electron chi connectivity index (χ1n) is 11.6. The van der Waals surface area contributed by atoms with Gasteiger partial charge < -0.3 is 10.2 Å². The minimum atomic E-state index is -0.109. The van der Waals surface area contributed by atoms with Gasteiger partial charge in [-0.15, -0.1) is 0 Å². The Morgan fingerprint density at radius 3 is 2.65 bits per heavy atom. The van der Waals surface area contributed by atoms with Crippen LogP contribution in [0.3, 0.4) is 0 Å². The Balaban J connectivity index is 1.42. The van der Waals surface area contributed by atoms with Crippen LogP contribution in [-0.2, 0) is 17.9 Å². The highest BCUT2D eigenvalue weighted by Crippen LogP contribution is 2.25. The Bertz CT molecular complexity index is 920. The van der Waals surface area contributed by atoms with Crippen molar-refractivity contribution in [3.8, 4) is 0 Å². The highest BCUT2D eigenvalue weighted by Gasteiger charge is 2.21. The fourth-order valence-corrected chi connectivity index (χ4v) is 4.80. The van der Waals surface area contributed by atoms with E-state index in [1.54, 1.807) is 0 Å². The molecule has 31 heavy (non-hydrogen) atoms. The molecule has 0 spiro atoms. The van der Waals surface area contributed by atoms with E-state index in [0.717, 1.165) is 36.3 Å². The van der Waals surface area contributed by atoms with Crippen molar-refractivity contribution >= 4 is 17.5 Å². The molecule has 1 saturated heterocycles. The number of hydrogen-bond acceptors (Lipinski definition) is 3. The van der Waals surface area contributed by atoms with Gasteiger partial charge in [-0.1, -0.05) is 49.6 Å². The number of benzene rings is 2. The summed E-state index contributed by atoms with van der Waals surface area (Å²) in [6.45, 7) is 2.21. The van der Waals surface area contributed by atoms with Crippen LogP contribution in [0.1, 0.15) is 66.4 Å². The summed E-state index contributed by atoms with van der Waals surface area (Å²) in [4.78, 5) is 29.2. The van der Waals surface area contributed by atoms with Gasteiger partial charge >= 0.3 is 0 Å². The number of hydrogen-bond donors (Lipinski definition) is 1. The van der Waals surface area contributed by atoms with Crippen LogP contribution >= 0.6 is 0 Å². The molecule has 1 N–H and O–H groups in total. The molecule has 0 aromatic heterocycles. The summed E-state index contributed by atoms with van der Waals surface area (Å²) in [5.74, 6) is 0.0910. The average Bonchev–Trinajstić information content (AvgIpc) is 3.20. The maximum atomic E-state index is 13.0. The number of carbonyl (C=O) groups excluding carboxylic acids is 2. The number of rotatable bonds is 7. The van der Waals surface area contributed by atoms with E-state index in [1.165, 1.54) is 32.1 Å². The fourth-order valence-electron chi connectivity index (χ4n) is 4.80. The Hall–Kier alpha value is -2.66. The van der Waals surface area contributed by atoms with Crippen LogP contribution in [0.15, 0.2) is 48.5 Å². The van der Waals surface area contributed by atoms with Crippen LogP contribution < -0.4 is 5.32 Å². The predicted octanol–water partition coefficient (Wildman–Crippen LogP) is 4.83. The molecular weight excluding hydrogens is 386 g/mol. The van der Waals surface area contributed by atoms with Crippen molar-refractivity contribution in [2.24, 2.45) is 0 Å². The number of nitrogens with one attached hydrogen (secondary N) is 1. The molecule has 2 aromatic carbocycles. The molecule has 5 heteroatoms. The Morgan fingerprint density at radius 2 is 1.87 bits per heavy atom. The lowest BCUT2D eigenvalue weighted by atomic mass is 9.94. The zero-order valence-corrected chi connectivity index (χ0v) is 18.5. The quantitative estimate of drug-likeness (QED) is 0.700. The van der Waals surface area contributed by atoms with Crippen LogP contribution in [0.2, 0.25) is 0 Å². The number of anilines is 1. The Morgan fingerprint density at radius 1 is 1.06 bits per heavy atom. The average molecular weight is 420 g/mol. The summed E-state index contributed by atoms with van der Waals surface area (Å²) in [6.07, 6.45) is 8.05. The fraction of sp³-hybridized carbons (Fsp3) is 0.462. The second-order valence-corrected chi connectivity index (χ2v) is 8.94. The van der Waals surface area contributed by atoms with Gasteiger partial charge in [0.1, 0.15) is 0 Å². The minimum Gasteiger partial charge on any atom is -0.338 e. The molecule has 2 fully saturated rings. The van der Waals surface area contributed by atoms with Gasteiger partial charge in [-0.2, -0.15) is 0 Å². The lowest BCUT2D eigenvalue weighted by Gasteiger charge is -2.31. The summed E-state index contributed by atoms with van der Waals surface area (Å²) in [7, 11) is 2.19. The summed E-state index contributed by atoms with van der Waals surface area (Å²) < 4.78 is 0. The topological polar surface area (TPSA) is 52.7 Å². The molecule has 2 aromatic rings. The summed E-state index contributed by atoms with van der Waals surface area (Å²) in [6, 6.07) is 16.3. The first kappa shape index (κ1) is 21.6. The third-order valence-corrected chi connectivity index (χ3v) is 6.62. The van der Waals surface area contributed by atoms with Gasteiger partial charge in [0, 0.05) is 43.3 Å². The van der Waals surface area contributed by atoms with Crippen molar-refractivity contribution in [1.82, 2.24) is 9.80 Å². The lowest BCUT2D eigenvalue weighted by molar-refractivity contribution is -0.128. The molecule has 1 heterocycles. The molecule has 0 unspecified atom stereocenters. The minimum absolute atomic E-state index is 0.109. The van der Waals surface area contributed by atoms with Gasteiger partial charge in [-0.3, -0.25) is 14.5 Å². The van der Waals surface area contributed by atoms with Crippen molar-refractivity contribution in [1.29, 1.82) is 0 Å². The maximum absolute atomic E-state index is 13.0. The predicted molar refractivity (Wildman–Crippen MR) is 124 cm³/mol. The number of nitrogens with zero attached hydrogens (tertiary/aromatic N) is 2.